The topological polar surface area (TPSA) is 125 Å². The van der Waals surface area contributed by atoms with Gasteiger partial charge in [-0.1, -0.05) is 24.0 Å². The summed E-state index contributed by atoms with van der Waals surface area (Å²) in [6.07, 6.45) is 4.54. The Kier molecular flexibility index (Phi) is 9.33. The number of methoxy groups -OCH3 is 2. The molecular weight excluding hydrogens is 484 g/mol. The fourth-order valence-electron chi connectivity index (χ4n) is 3.94. The fraction of sp³-hybridized carbons (Fsp3) is 0.385. The third kappa shape index (κ3) is 7.23. The number of nitro groups is 1. The van der Waals surface area contributed by atoms with Gasteiger partial charge >= 0.3 is 5.97 Å². The lowest BCUT2D eigenvalue weighted by molar-refractivity contribution is -0.385. The zero-order valence-corrected chi connectivity index (χ0v) is 21.0. The number of nitrogens with zero attached hydrogens (tertiary/aromatic N) is 2. The number of esters is 1. The van der Waals surface area contributed by atoms with Crippen LogP contribution in [0.1, 0.15) is 42.4 Å². The minimum atomic E-state index is -4.13. The minimum Gasteiger partial charge on any atom is -0.469 e. The second-order valence-electron chi connectivity index (χ2n) is 8.49. The van der Waals surface area contributed by atoms with Crippen molar-refractivity contribution in [3.63, 3.8) is 0 Å². The predicted octanol–water partition coefficient (Wildman–Crippen LogP) is 3.92. The first-order chi connectivity index (χ1) is 17.2. The molecule has 0 aliphatic heterocycles. The molecule has 10 heteroatoms. The van der Waals surface area contributed by atoms with Crippen LogP contribution >= 0.6 is 0 Å². The van der Waals surface area contributed by atoms with Crippen molar-refractivity contribution in [2.45, 2.75) is 37.0 Å². The van der Waals surface area contributed by atoms with Crippen molar-refractivity contribution in [1.29, 1.82) is 0 Å². The molecule has 0 saturated heterocycles. The van der Waals surface area contributed by atoms with E-state index in [1.807, 2.05) is 24.3 Å². The number of carbonyl (C=O) groups excluding carboxylic acids is 1. The summed E-state index contributed by atoms with van der Waals surface area (Å²) in [6, 6.07) is 11.0. The Bertz CT molecular complexity index is 1280. The van der Waals surface area contributed by atoms with Gasteiger partial charge in [0.2, 0.25) is 0 Å². The Morgan fingerprint density at radius 3 is 2.42 bits per heavy atom. The van der Waals surface area contributed by atoms with Crippen molar-refractivity contribution in [2.75, 3.05) is 20.8 Å². The van der Waals surface area contributed by atoms with Gasteiger partial charge in [-0.15, -0.1) is 0 Å². The average Bonchev–Trinajstić information content (AvgIpc) is 2.89. The van der Waals surface area contributed by atoms with Gasteiger partial charge in [0.1, 0.15) is 5.56 Å². The molecule has 0 atom stereocenters. The third-order valence-electron chi connectivity index (χ3n) is 6.07. The molecule has 0 amide bonds. The summed E-state index contributed by atoms with van der Waals surface area (Å²) < 4.78 is 39.0. The molecule has 190 valence electrons. The van der Waals surface area contributed by atoms with E-state index in [9.17, 15) is 23.3 Å². The molecule has 9 nitrogen and oxygen atoms in total. The van der Waals surface area contributed by atoms with Gasteiger partial charge in [0.05, 0.1) is 29.5 Å². The van der Waals surface area contributed by atoms with E-state index in [1.54, 1.807) is 7.11 Å². The Hall–Kier alpha value is -3.55. The lowest BCUT2D eigenvalue weighted by Crippen LogP contribution is -2.23. The van der Waals surface area contributed by atoms with Crippen LogP contribution in [0.4, 0.5) is 5.69 Å². The molecule has 1 aliphatic rings. The zero-order valence-electron chi connectivity index (χ0n) is 20.2. The van der Waals surface area contributed by atoms with Gasteiger partial charge in [0.25, 0.3) is 15.7 Å². The van der Waals surface area contributed by atoms with Crippen LogP contribution in [0.2, 0.25) is 0 Å². The van der Waals surface area contributed by atoms with Gasteiger partial charge in [-0.25, -0.2) is 0 Å². The van der Waals surface area contributed by atoms with Gasteiger partial charge in [-0.3, -0.25) is 14.9 Å². The van der Waals surface area contributed by atoms with Gasteiger partial charge in [-0.05, 0) is 67.9 Å². The molecule has 0 aromatic heterocycles. The van der Waals surface area contributed by atoms with Gasteiger partial charge in [0.15, 0.2) is 0 Å². The highest BCUT2D eigenvalue weighted by molar-refractivity contribution is 7.90. The molecule has 1 fully saturated rings. The molecule has 1 aliphatic carbocycles. The molecule has 1 saturated carbocycles. The lowest BCUT2D eigenvalue weighted by Gasteiger charge is -2.24. The predicted molar refractivity (Wildman–Crippen MR) is 134 cm³/mol. The number of nitro benzene ring substituents is 1. The normalized spacial score (nSPS) is 17.8. The number of carbonyl (C=O) groups is 1. The zero-order chi connectivity index (χ0) is 26.1. The van der Waals surface area contributed by atoms with E-state index in [0.717, 1.165) is 18.1 Å². The van der Waals surface area contributed by atoms with E-state index in [4.69, 9.17) is 9.47 Å². The largest absolute Gasteiger partial charge is 0.469 e. The smallest absolute Gasteiger partial charge is 0.308 e. The fourth-order valence-corrected chi connectivity index (χ4v) is 4.90. The first-order valence-electron chi connectivity index (χ1n) is 11.5. The number of sulfonamides is 1. The monoisotopic (exact) mass is 512 g/mol. The summed E-state index contributed by atoms with van der Waals surface area (Å²) in [5.41, 5.74) is 1.45. The summed E-state index contributed by atoms with van der Waals surface area (Å²) in [6.45, 7) is 0.604. The van der Waals surface area contributed by atoms with Crippen LogP contribution < -0.4 is 0 Å². The van der Waals surface area contributed by atoms with E-state index < -0.39 is 20.6 Å². The second kappa shape index (κ2) is 12.4. The molecular formula is C26H28N2O7S. The highest BCUT2D eigenvalue weighted by atomic mass is 32.2. The van der Waals surface area contributed by atoms with Crippen molar-refractivity contribution in [3.05, 3.63) is 69.3 Å². The molecule has 36 heavy (non-hydrogen) atoms. The maximum atomic E-state index is 12.7. The summed E-state index contributed by atoms with van der Waals surface area (Å²) >= 11 is 0. The Labute approximate surface area is 210 Å². The Balaban J connectivity index is 1.74. The van der Waals surface area contributed by atoms with E-state index >= 15 is 0 Å². The molecule has 0 radical (unpaired) electrons. The number of hydrogen-bond donors (Lipinski definition) is 0. The van der Waals surface area contributed by atoms with Gasteiger partial charge in [-0.2, -0.15) is 12.8 Å². The second-order valence-corrected chi connectivity index (χ2v) is 10.1. The molecule has 0 N–H and O–H groups in total. The van der Waals surface area contributed by atoms with Gasteiger partial charge in [0, 0.05) is 25.0 Å². The van der Waals surface area contributed by atoms with Crippen LogP contribution in [0.5, 0.6) is 0 Å². The Morgan fingerprint density at radius 2 is 1.81 bits per heavy atom. The summed E-state index contributed by atoms with van der Waals surface area (Å²) in [7, 11) is -1.15. The van der Waals surface area contributed by atoms with Crippen LogP contribution in [0.25, 0.3) is 0 Å². The summed E-state index contributed by atoms with van der Waals surface area (Å²) in [4.78, 5) is 22.3. The first kappa shape index (κ1) is 27.0. The highest BCUT2D eigenvalue weighted by Crippen LogP contribution is 2.29. The van der Waals surface area contributed by atoms with Crippen LogP contribution in [-0.2, 0) is 30.7 Å². The van der Waals surface area contributed by atoms with E-state index in [-0.39, 0.29) is 28.3 Å². The van der Waals surface area contributed by atoms with Crippen LogP contribution in [0.15, 0.2) is 51.8 Å². The van der Waals surface area contributed by atoms with Crippen molar-refractivity contribution < 1.29 is 27.6 Å². The maximum absolute atomic E-state index is 12.7. The Morgan fingerprint density at radius 1 is 1.11 bits per heavy atom. The lowest BCUT2D eigenvalue weighted by atomic mass is 9.83. The molecule has 0 unspecified atom stereocenters. The number of hydrogen-bond acceptors (Lipinski definition) is 7. The van der Waals surface area contributed by atoms with E-state index in [0.29, 0.717) is 37.9 Å². The van der Waals surface area contributed by atoms with Crippen LogP contribution in [0, 0.1) is 33.8 Å². The summed E-state index contributed by atoms with van der Waals surface area (Å²) in [5.74, 6) is 5.12. The third-order valence-corrected chi connectivity index (χ3v) is 7.32. The maximum Gasteiger partial charge on any atom is 0.308 e. The van der Waals surface area contributed by atoms with Crippen molar-refractivity contribution in [1.82, 2.24) is 0 Å². The molecule has 3 rings (SSSR count). The standard InChI is InChI=1S/C26H28N2O7S/c1-34-16-15-20-5-3-19(4-6-20)7-10-22-13-14-24(17-25(22)28(30)31)36(32,33)27-18-21-8-11-23(12-9-21)26(29)35-2/h3-6,13-14,17-18,21,23H,8-9,11-12,15-16H2,1-2H3. The number of ether oxygens (including phenoxy) is 2. The minimum absolute atomic E-state index is 0.0957. The van der Waals surface area contributed by atoms with Crippen LogP contribution in [0.3, 0.4) is 0 Å². The molecule has 0 bridgehead atoms. The number of rotatable bonds is 8. The van der Waals surface area contributed by atoms with Crippen molar-refractivity contribution in [3.8, 4) is 11.8 Å². The number of benzene rings is 2. The molecule has 2 aromatic carbocycles. The van der Waals surface area contributed by atoms with E-state index in [1.165, 1.54) is 25.5 Å². The van der Waals surface area contributed by atoms with E-state index in [2.05, 4.69) is 16.2 Å². The summed E-state index contributed by atoms with van der Waals surface area (Å²) in [5, 5.41) is 11.6. The quantitative estimate of drug-likeness (QED) is 0.173. The van der Waals surface area contributed by atoms with Crippen molar-refractivity contribution >= 4 is 27.9 Å². The molecule has 0 heterocycles. The molecule has 2 aromatic rings. The first-order valence-corrected chi connectivity index (χ1v) is 12.9. The van der Waals surface area contributed by atoms with Gasteiger partial charge < -0.3 is 9.47 Å². The van der Waals surface area contributed by atoms with Crippen LogP contribution in [-0.4, -0.2) is 46.4 Å². The molecule has 0 spiro atoms. The van der Waals surface area contributed by atoms with Crippen molar-refractivity contribution in [2.24, 2.45) is 16.2 Å². The average molecular weight is 513 g/mol. The highest BCUT2D eigenvalue weighted by Gasteiger charge is 2.27. The SMILES string of the molecule is COCCc1ccc(C#Cc2ccc(S(=O)(=O)N=CC3CCC(C(=O)OC)CC3)cc2[N+](=O)[O-])cc1.